The van der Waals surface area contributed by atoms with Crippen LogP contribution in [-0.2, 0) is 0 Å². The molecule has 0 spiro atoms. The minimum atomic E-state index is -0.688. The molecule has 2 amide bonds. The van der Waals surface area contributed by atoms with Crippen molar-refractivity contribution < 1.29 is 18.7 Å². The van der Waals surface area contributed by atoms with Crippen LogP contribution in [0.5, 0.6) is 11.5 Å². The van der Waals surface area contributed by atoms with Gasteiger partial charge >= 0.3 is 0 Å². The number of hydrogen-bond acceptors (Lipinski definition) is 5. The number of halogens is 2. The summed E-state index contributed by atoms with van der Waals surface area (Å²) in [5, 5.41) is 5.07. The summed E-state index contributed by atoms with van der Waals surface area (Å²) in [5.41, 5.74) is 0.393. The Bertz CT molecular complexity index is 1050. The Morgan fingerprint density at radius 1 is 1.00 bits per heavy atom. The molecule has 0 aliphatic heterocycles. The predicted octanol–water partition coefficient (Wildman–Crippen LogP) is 3.67. The Balaban J connectivity index is 1.74. The molecule has 0 saturated heterocycles. The van der Waals surface area contributed by atoms with Crippen molar-refractivity contribution in [2.24, 2.45) is 0 Å². The van der Waals surface area contributed by atoms with E-state index in [4.69, 9.17) is 16.3 Å². The Hall–Kier alpha value is -3.52. The maximum Gasteiger partial charge on any atom is 0.269 e. The van der Waals surface area contributed by atoms with Gasteiger partial charge in [0, 0.05) is 37.1 Å². The third-order valence-corrected chi connectivity index (χ3v) is 3.81. The minimum Gasteiger partial charge on any atom is -0.457 e. The van der Waals surface area contributed by atoms with Gasteiger partial charge in [0.1, 0.15) is 28.2 Å². The molecule has 0 fully saturated rings. The number of nitrogens with zero attached hydrogens (tertiary/aromatic N) is 2. The van der Waals surface area contributed by atoms with Gasteiger partial charge in [-0.05, 0) is 30.3 Å². The highest BCUT2D eigenvalue weighted by Crippen LogP contribution is 2.26. The van der Waals surface area contributed by atoms with Crippen LogP contribution in [0.15, 0.2) is 54.9 Å². The SMILES string of the molecule is CNC(=O)c1cc(Oc2ccc(NC(=O)c3ccnc(Cl)c3)c(F)c2)ccn1. The second kappa shape index (κ2) is 8.45. The molecule has 9 heteroatoms. The Labute approximate surface area is 164 Å². The van der Waals surface area contributed by atoms with E-state index in [0.29, 0.717) is 5.75 Å². The molecule has 3 rings (SSSR count). The second-order valence-corrected chi connectivity index (χ2v) is 5.91. The summed E-state index contributed by atoms with van der Waals surface area (Å²) in [4.78, 5) is 31.5. The lowest BCUT2D eigenvalue weighted by molar-refractivity contribution is 0.0957. The van der Waals surface area contributed by atoms with Crippen LogP contribution in [0.3, 0.4) is 0 Å². The van der Waals surface area contributed by atoms with E-state index < -0.39 is 11.7 Å². The van der Waals surface area contributed by atoms with Gasteiger partial charge in [-0.3, -0.25) is 14.6 Å². The smallest absolute Gasteiger partial charge is 0.269 e. The second-order valence-electron chi connectivity index (χ2n) is 5.52. The number of ether oxygens (including phenoxy) is 1. The zero-order chi connectivity index (χ0) is 20.1. The summed E-state index contributed by atoms with van der Waals surface area (Å²) in [6, 6.07) is 9.77. The molecule has 7 nitrogen and oxygen atoms in total. The van der Waals surface area contributed by atoms with Crippen LogP contribution in [0.2, 0.25) is 5.15 Å². The molecule has 3 aromatic rings. The van der Waals surface area contributed by atoms with Gasteiger partial charge in [0.2, 0.25) is 0 Å². The highest BCUT2D eigenvalue weighted by molar-refractivity contribution is 6.29. The molecule has 28 heavy (non-hydrogen) atoms. The molecule has 0 bridgehead atoms. The van der Waals surface area contributed by atoms with Crippen LogP contribution in [0.1, 0.15) is 20.8 Å². The zero-order valence-electron chi connectivity index (χ0n) is 14.6. The van der Waals surface area contributed by atoms with Gasteiger partial charge in [0.05, 0.1) is 5.69 Å². The van der Waals surface area contributed by atoms with Crippen LogP contribution >= 0.6 is 11.6 Å². The number of carbonyl (C=O) groups excluding carboxylic acids is 2. The maximum absolute atomic E-state index is 14.4. The summed E-state index contributed by atoms with van der Waals surface area (Å²) in [5.74, 6) is -1.08. The van der Waals surface area contributed by atoms with E-state index in [9.17, 15) is 14.0 Å². The van der Waals surface area contributed by atoms with E-state index in [0.717, 1.165) is 6.07 Å². The van der Waals surface area contributed by atoms with Gasteiger partial charge in [-0.2, -0.15) is 0 Å². The third-order valence-electron chi connectivity index (χ3n) is 3.60. The molecular formula is C19H14ClFN4O3. The van der Waals surface area contributed by atoms with Crippen molar-refractivity contribution in [1.29, 1.82) is 0 Å². The van der Waals surface area contributed by atoms with E-state index in [1.807, 2.05) is 0 Å². The van der Waals surface area contributed by atoms with Gasteiger partial charge in [0.15, 0.2) is 0 Å². The van der Waals surface area contributed by atoms with Crippen molar-refractivity contribution >= 4 is 29.1 Å². The normalized spacial score (nSPS) is 10.2. The van der Waals surface area contributed by atoms with Crippen molar-refractivity contribution in [1.82, 2.24) is 15.3 Å². The molecular weight excluding hydrogens is 387 g/mol. The fraction of sp³-hybridized carbons (Fsp3) is 0.0526. The largest absolute Gasteiger partial charge is 0.457 e. The van der Waals surface area contributed by atoms with Crippen LogP contribution in [0, 0.1) is 5.82 Å². The van der Waals surface area contributed by atoms with Crippen molar-refractivity contribution in [3.63, 3.8) is 0 Å². The Morgan fingerprint density at radius 2 is 1.75 bits per heavy atom. The van der Waals surface area contributed by atoms with Gasteiger partial charge < -0.3 is 15.4 Å². The molecule has 142 valence electrons. The average Bonchev–Trinajstić information content (AvgIpc) is 2.69. The monoisotopic (exact) mass is 400 g/mol. The first kappa shape index (κ1) is 19.2. The van der Waals surface area contributed by atoms with Gasteiger partial charge in [-0.15, -0.1) is 0 Å². The first-order valence-electron chi connectivity index (χ1n) is 8.04. The van der Waals surface area contributed by atoms with Gasteiger partial charge in [0.25, 0.3) is 11.8 Å². The highest BCUT2D eigenvalue weighted by atomic mass is 35.5. The fourth-order valence-electron chi connectivity index (χ4n) is 2.26. The van der Waals surface area contributed by atoms with Crippen molar-refractivity contribution in [3.05, 3.63) is 77.1 Å². The predicted molar refractivity (Wildman–Crippen MR) is 101 cm³/mol. The number of benzene rings is 1. The molecule has 1 aromatic carbocycles. The molecule has 0 aliphatic rings. The first-order valence-corrected chi connectivity index (χ1v) is 8.42. The molecule has 0 unspecified atom stereocenters. The summed E-state index contributed by atoms with van der Waals surface area (Å²) in [6.45, 7) is 0. The molecule has 2 aromatic heterocycles. The van der Waals surface area contributed by atoms with Gasteiger partial charge in [-0.1, -0.05) is 11.6 Å². The van der Waals surface area contributed by atoms with Crippen LogP contribution < -0.4 is 15.4 Å². The summed E-state index contributed by atoms with van der Waals surface area (Å²) < 4.78 is 19.9. The Kier molecular flexibility index (Phi) is 5.81. The van der Waals surface area contributed by atoms with Gasteiger partial charge in [-0.25, -0.2) is 9.37 Å². The highest BCUT2D eigenvalue weighted by Gasteiger charge is 2.12. The van der Waals surface area contributed by atoms with Crippen molar-refractivity contribution in [2.45, 2.75) is 0 Å². The summed E-state index contributed by atoms with van der Waals surface area (Å²) >= 11 is 5.75. The molecule has 2 N–H and O–H groups in total. The number of pyridine rings is 2. The third kappa shape index (κ3) is 4.60. The topological polar surface area (TPSA) is 93.2 Å². The van der Waals surface area contributed by atoms with E-state index in [1.165, 1.54) is 55.8 Å². The molecule has 0 atom stereocenters. The summed E-state index contributed by atoms with van der Waals surface area (Å²) in [7, 11) is 1.49. The lowest BCUT2D eigenvalue weighted by atomic mass is 10.2. The quantitative estimate of drug-likeness (QED) is 0.637. The fourth-order valence-corrected chi connectivity index (χ4v) is 2.44. The molecule has 0 radical (unpaired) electrons. The maximum atomic E-state index is 14.4. The van der Waals surface area contributed by atoms with Crippen LogP contribution in [-0.4, -0.2) is 28.8 Å². The lowest BCUT2D eigenvalue weighted by Gasteiger charge is -2.10. The molecule has 0 aliphatic carbocycles. The van der Waals surface area contributed by atoms with Crippen molar-refractivity contribution in [2.75, 3.05) is 12.4 Å². The number of carbonyl (C=O) groups is 2. The van der Waals surface area contributed by atoms with Crippen LogP contribution in [0.4, 0.5) is 10.1 Å². The number of aromatic nitrogens is 2. The van der Waals surface area contributed by atoms with Crippen molar-refractivity contribution in [3.8, 4) is 11.5 Å². The number of hydrogen-bond donors (Lipinski definition) is 2. The number of anilines is 1. The summed E-state index contributed by atoms with van der Waals surface area (Å²) in [6.07, 6.45) is 2.79. The molecule has 0 saturated carbocycles. The standard InChI is InChI=1S/C19H14ClFN4O3/c1-22-19(27)16-10-13(5-7-23-16)28-12-2-3-15(14(21)9-12)25-18(26)11-4-6-24-17(20)8-11/h2-10H,1H3,(H,22,27)(H,25,26). The lowest BCUT2D eigenvalue weighted by Crippen LogP contribution is -2.18. The molecule has 2 heterocycles. The van der Waals surface area contributed by atoms with E-state index in [1.54, 1.807) is 0 Å². The number of amides is 2. The zero-order valence-corrected chi connectivity index (χ0v) is 15.3. The number of rotatable bonds is 5. The van der Waals surface area contributed by atoms with E-state index in [-0.39, 0.29) is 33.8 Å². The van der Waals surface area contributed by atoms with E-state index >= 15 is 0 Å². The minimum absolute atomic E-state index is 0.0222. The van der Waals surface area contributed by atoms with E-state index in [2.05, 4.69) is 20.6 Å². The first-order chi connectivity index (χ1) is 13.5. The Morgan fingerprint density at radius 3 is 2.46 bits per heavy atom. The van der Waals surface area contributed by atoms with Crippen LogP contribution in [0.25, 0.3) is 0 Å². The number of nitrogens with one attached hydrogen (secondary N) is 2. The average molecular weight is 401 g/mol.